The van der Waals surface area contributed by atoms with Gasteiger partial charge in [-0.3, -0.25) is 0 Å². The summed E-state index contributed by atoms with van der Waals surface area (Å²) in [6, 6.07) is 13.4. The molecule has 26 heavy (non-hydrogen) atoms. The molecule has 4 aromatic rings. The van der Waals surface area contributed by atoms with Gasteiger partial charge in [-0.1, -0.05) is 29.8 Å². The van der Waals surface area contributed by atoms with E-state index in [1.54, 1.807) is 24.6 Å². The molecule has 0 N–H and O–H groups in total. The van der Waals surface area contributed by atoms with Gasteiger partial charge in [0.1, 0.15) is 0 Å². The zero-order valence-corrected chi connectivity index (χ0v) is 15.5. The summed E-state index contributed by atoms with van der Waals surface area (Å²) in [6.45, 7) is 0. The highest BCUT2D eigenvalue weighted by Gasteiger charge is 2.11. The molecule has 4 rings (SSSR count). The highest BCUT2D eigenvalue weighted by molar-refractivity contribution is 7.17. The molecule has 0 radical (unpaired) electrons. The van der Waals surface area contributed by atoms with Crippen LogP contribution in [0.1, 0.15) is 11.4 Å². The van der Waals surface area contributed by atoms with Gasteiger partial charge in [-0.05, 0) is 41.3 Å². The number of hydrogen-bond acceptors (Lipinski definition) is 5. The normalized spacial score (nSPS) is 11.3. The van der Waals surface area contributed by atoms with E-state index in [-0.39, 0.29) is 0 Å². The highest BCUT2D eigenvalue weighted by atomic mass is 35.5. The van der Waals surface area contributed by atoms with Crippen molar-refractivity contribution in [2.24, 2.45) is 0 Å². The lowest BCUT2D eigenvalue weighted by atomic mass is 10.2. The molecule has 0 amide bonds. The van der Waals surface area contributed by atoms with E-state index in [0.717, 1.165) is 27.0 Å². The van der Waals surface area contributed by atoms with Crippen LogP contribution in [-0.4, -0.2) is 22.1 Å². The van der Waals surface area contributed by atoms with Gasteiger partial charge in [-0.25, -0.2) is 15.0 Å². The van der Waals surface area contributed by atoms with Gasteiger partial charge >= 0.3 is 0 Å². The van der Waals surface area contributed by atoms with Crippen molar-refractivity contribution < 1.29 is 4.74 Å². The Kier molecular flexibility index (Phi) is 4.65. The molecule has 0 fully saturated rings. The number of aromatic nitrogens is 3. The van der Waals surface area contributed by atoms with Gasteiger partial charge in [-0.15, -0.1) is 11.3 Å². The van der Waals surface area contributed by atoms with E-state index in [1.807, 2.05) is 60.0 Å². The van der Waals surface area contributed by atoms with Crippen molar-refractivity contribution >= 4 is 45.3 Å². The molecular weight excluding hydrogens is 366 g/mol. The predicted octanol–water partition coefficient (Wildman–Crippen LogP) is 5.59. The summed E-state index contributed by atoms with van der Waals surface area (Å²) < 4.78 is 6.17. The van der Waals surface area contributed by atoms with Gasteiger partial charge in [0, 0.05) is 22.8 Å². The monoisotopic (exact) mass is 379 g/mol. The van der Waals surface area contributed by atoms with Crippen LogP contribution in [-0.2, 0) is 0 Å². The Labute approximate surface area is 159 Å². The minimum Gasteiger partial charge on any atom is -0.481 e. The third-order valence-corrected chi connectivity index (χ3v) is 4.96. The molecule has 0 saturated heterocycles. The molecule has 0 saturated carbocycles. The number of halogens is 1. The number of benzene rings is 1. The van der Waals surface area contributed by atoms with E-state index < -0.39 is 0 Å². The molecule has 1 aromatic carbocycles. The molecule has 6 heteroatoms. The van der Waals surface area contributed by atoms with Crippen molar-refractivity contribution in [1.82, 2.24) is 15.0 Å². The van der Waals surface area contributed by atoms with Gasteiger partial charge in [-0.2, -0.15) is 0 Å². The molecule has 0 aliphatic carbocycles. The fourth-order valence-corrected chi connectivity index (χ4v) is 3.62. The maximum atomic E-state index is 6.04. The molecule has 0 bridgehead atoms. The summed E-state index contributed by atoms with van der Waals surface area (Å²) in [5, 5.41) is 2.72. The summed E-state index contributed by atoms with van der Waals surface area (Å²) in [7, 11) is 1.60. The molecule has 3 heterocycles. The number of hydrogen-bond donors (Lipinski definition) is 0. The van der Waals surface area contributed by atoms with Crippen molar-refractivity contribution in [1.29, 1.82) is 0 Å². The van der Waals surface area contributed by atoms with Crippen LogP contribution in [0, 0.1) is 0 Å². The van der Waals surface area contributed by atoms with E-state index in [1.165, 1.54) is 0 Å². The van der Waals surface area contributed by atoms with E-state index in [0.29, 0.717) is 16.7 Å². The molecule has 4 nitrogen and oxygen atoms in total. The van der Waals surface area contributed by atoms with E-state index in [9.17, 15) is 0 Å². The van der Waals surface area contributed by atoms with Crippen LogP contribution in [0.3, 0.4) is 0 Å². The molecule has 128 valence electrons. The first-order chi connectivity index (χ1) is 12.7. The number of pyridine rings is 1. The van der Waals surface area contributed by atoms with Gasteiger partial charge in [0.25, 0.3) is 0 Å². The summed E-state index contributed by atoms with van der Waals surface area (Å²) in [5.74, 6) is 1.22. The summed E-state index contributed by atoms with van der Waals surface area (Å²) >= 11 is 7.66. The Hall–Kier alpha value is -2.76. The van der Waals surface area contributed by atoms with Crippen molar-refractivity contribution in [3.63, 3.8) is 0 Å². The molecule has 3 aromatic heterocycles. The topological polar surface area (TPSA) is 47.9 Å². The average molecular weight is 380 g/mol. The molecule has 0 unspecified atom stereocenters. The summed E-state index contributed by atoms with van der Waals surface area (Å²) in [6.07, 6.45) is 5.61. The van der Waals surface area contributed by atoms with Crippen LogP contribution < -0.4 is 4.74 Å². The Bertz CT molecular complexity index is 1090. The quantitative estimate of drug-likeness (QED) is 0.464. The Balaban J connectivity index is 1.76. The average Bonchev–Trinajstić information content (AvgIpc) is 3.14. The first-order valence-corrected chi connectivity index (χ1v) is 9.18. The second-order valence-corrected chi connectivity index (χ2v) is 6.90. The number of methoxy groups -OCH3 is 1. The maximum absolute atomic E-state index is 6.04. The van der Waals surface area contributed by atoms with Crippen LogP contribution in [0.4, 0.5) is 0 Å². The zero-order chi connectivity index (χ0) is 17.9. The van der Waals surface area contributed by atoms with Gasteiger partial charge in [0.15, 0.2) is 5.82 Å². The van der Waals surface area contributed by atoms with Crippen LogP contribution in [0.5, 0.6) is 5.88 Å². The lowest BCUT2D eigenvalue weighted by Crippen LogP contribution is -1.93. The van der Waals surface area contributed by atoms with Crippen molar-refractivity contribution in [3.8, 4) is 17.1 Å². The highest BCUT2D eigenvalue weighted by Crippen LogP contribution is 2.30. The second kappa shape index (κ2) is 7.23. The third-order valence-electron chi connectivity index (χ3n) is 3.81. The molecule has 0 aliphatic heterocycles. The number of fused-ring (bicyclic) bond motifs is 1. The van der Waals surface area contributed by atoms with Crippen LogP contribution in [0.15, 0.2) is 54.0 Å². The largest absolute Gasteiger partial charge is 0.481 e. The molecule has 0 spiro atoms. The number of thiophene rings is 1. The first kappa shape index (κ1) is 16.7. The smallest absolute Gasteiger partial charge is 0.212 e. The van der Waals surface area contributed by atoms with Crippen LogP contribution in [0.2, 0.25) is 5.02 Å². The summed E-state index contributed by atoms with van der Waals surface area (Å²) in [5.41, 5.74) is 3.71. The summed E-state index contributed by atoms with van der Waals surface area (Å²) in [4.78, 5) is 13.6. The minimum atomic E-state index is 0.575. The standard InChI is InChI=1S/C20H14ClN3OS/c1-25-18-8-6-14(12-22-18)19-20-16(9-10-26-20)23-17(24-19)7-5-13-3-2-4-15(21)11-13/h2-12H,1H3/b7-5-. The number of rotatable bonds is 4. The fraction of sp³-hybridized carbons (Fsp3) is 0.0500. The van der Waals surface area contributed by atoms with Gasteiger partial charge in [0.2, 0.25) is 5.88 Å². The van der Waals surface area contributed by atoms with Crippen molar-refractivity contribution in [2.45, 2.75) is 0 Å². The number of ether oxygens (including phenoxy) is 1. The molecular formula is C20H14ClN3OS. The maximum Gasteiger partial charge on any atom is 0.212 e. The first-order valence-electron chi connectivity index (χ1n) is 7.92. The predicted molar refractivity (Wildman–Crippen MR) is 108 cm³/mol. The Morgan fingerprint density at radius 2 is 2.00 bits per heavy atom. The Morgan fingerprint density at radius 1 is 1.08 bits per heavy atom. The minimum absolute atomic E-state index is 0.575. The molecule has 0 atom stereocenters. The fourth-order valence-electron chi connectivity index (χ4n) is 2.57. The van der Waals surface area contributed by atoms with Crippen molar-refractivity contribution in [3.05, 3.63) is 70.5 Å². The van der Waals surface area contributed by atoms with Gasteiger partial charge in [0.05, 0.1) is 23.0 Å². The lowest BCUT2D eigenvalue weighted by molar-refractivity contribution is 0.398. The SMILES string of the molecule is COc1ccc(-c2nc(/C=C\c3cccc(Cl)c3)nc3ccsc23)cn1. The molecule has 0 aliphatic rings. The van der Waals surface area contributed by atoms with Crippen molar-refractivity contribution in [2.75, 3.05) is 7.11 Å². The van der Waals surface area contributed by atoms with E-state index in [4.69, 9.17) is 21.3 Å². The zero-order valence-electron chi connectivity index (χ0n) is 13.9. The second-order valence-electron chi connectivity index (χ2n) is 5.54. The van der Waals surface area contributed by atoms with E-state index >= 15 is 0 Å². The third kappa shape index (κ3) is 3.45. The number of nitrogens with zero attached hydrogens (tertiary/aromatic N) is 3. The Morgan fingerprint density at radius 3 is 2.77 bits per heavy atom. The van der Waals surface area contributed by atoms with Crippen LogP contribution in [0.25, 0.3) is 33.6 Å². The lowest BCUT2D eigenvalue weighted by Gasteiger charge is -2.05. The van der Waals surface area contributed by atoms with E-state index in [2.05, 4.69) is 9.97 Å². The van der Waals surface area contributed by atoms with Gasteiger partial charge < -0.3 is 4.74 Å². The van der Waals surface area contributed by atoms with Crippen LogP contribution >= 0.6 is 22.9 Å².